The van der Waals surface area contributed by atoms with Gasteiger partial charge in [-0.1, -0.05) is 178 Å². The van der Waals surface area contributed by atoms with Gasteiger partial charge in [0, 0.05) is 23.8 Å². The van der Waals surface area contributed by atoms with Crippen molar-refractivity contribution in [1.29, 1.82) is 0 Å². The summed E-state index contributed by atoms with van der Waals surface area (Å²) in [5, 5.41) is 19.5. The highest BCUT2D eigenvalue weighted by Gasteiger charge is 2.26. The lowest BCUT2D eigenvalue weighted by Crippen LogP contribution is -2.40. The smallest absolute Gasteiger partial charge is 0.324 e. The number of carbonyl (C=O) groups excluding carboxylic acids is 2. The third kappa shape index (κ3) is 43.0. The summed E-state index contributed by atoms with van der Waals surface area (Å²) in [4.78, 5) is 49.6. The van der Waals surface area contributed by atoms with E-state index >= 15 is 0 Å². The van der Waals surface area contributed by atoms with E-state index in [-0.39, 0.29) is 38.0 Å². The number of likely N-dealkylation sites (N-methyl/N-ethyl adjacent to an activating group) is 1. The predicted molar refractivity (Wildman–Crippen MR) is 269 cm³/mol. The number of allylic oxidation sites excluding steroid dienone is 7. The minimum Gasteiger partial charge on any atom is -0.756 e. The molecule has 1 unspecified atom stereocenters. The average Bonchev–Trinajstić information content (AvgIpc) is 3.26. The molecule has 0 fully saturated rings. The number of thioether (sulfide) groups is 1. The number of quaternary nitrogens is 1. The molecule has 0 radical (unpaired) electrons. The van der Waals surface area contributed by atoms with Crippen LogP contribution in [-0.4, -0.2) is 109 Å². The van der Waals surface area contributed by atoms with E-state index in [1.807, 2.05) is 45.4 Å². The Morgan fingerprint density at radius 3 is 1.85 bits per heavy atom. The highest BCUT2D eigenvalue weighted by Crippen LogP contribution is 2.38. The monoisotopic (exact) mass is 973 g/mol. The zero-order chi connectivity index (χ0) is 49.2. The van der Waals surface area contributed by atoms with Crippen molar-refractivity contribution in [1.82, 2.24) is 0 Å². The van der Waals surface area contributed by atoms with Gasteiger partial charge in [0.2, 0.25) is 0 Å². The Bertz CT molecular complexity index is 1390. The number of aliphatic hydroxyl groups excluding tert-OH is 1. The van der Waals surface area contributed by atoms with Gasteiger partial charge in [0.15, 0.2) is 6.10 Å². The lowest BCUT2D eigenvalue weighted by molar-refractivity contribution is -0.870. The molecule has 5 atom stereocenters. The zero-order valence-electron chi connectivity index (χ0n) is 41.8. The largest absolute Gasteiger partial charge is 0.756 e. The fraction of sp³-hybridized carbons (Fsp3) is 0.784. The van der Waals surface area contributed by atoms with Crippen molar-refractivity contribution in [3.63, 3.8) is 0 Å². The summed E-state index contributed by atoms with van der Waals surface area (Å²) < 4.78 is 34.1. The van der Waals surface area contributed by atoms with Crippen LogP contribution in [0.25, 0.3) is 0 Å². The van der Waals surface area contributed by atoms with Crippen LogP contribution in [0.2, 0.25) is 0 Å². The molecule has 0 aromatic carbocycles. The van der Waals surface area contributed by atoms with Gasteiger partial charge in [-0.25, -0.2) is 0 Å². The topological polar surface area (TPSA) is 195 Å². The molecule has 0 aromatic rings. The highest BCUT2D eigenvalue weighted by molar-refractivity contribution is 8.00. The molecule has 15 heteroatoms. The maximum Gasteiger partial charge on any atom is 0.324 e. The Balaban J connectivity index is 5.14. The van der Waals surface area contributed by atoms with Crippen LogP contribution in [0.3, 0.4) is 0 Å². The van der Waals surface area contributed by atoms with Gasteiger partial charge >= 0.3 is 17.9 Å². The van der Waals surface area contributed by atoms with Crippen LogP contribution in [0, 0.1) is 0 Å². The minimum absolute atomic E-state index is 0.0128. The Morgan fingerprint density at radius 1 is 0.712 bits per heavy atom. The Morgan fingerprint density at radius 2 is 1.27 bits per heavy atom. The molecule has 0 aliphatic heterocycles. The fourth-order valence-electron chi connectivity index (χ4n) is 6.73. The van der Waals surface area contributed by atoms with Crippen molar-refractivity contribution >= 4 is 37.5 Å². The number of esters is 2. The van der Waals surface area contributed by atoms with Crippen molar-refractivity contribution in [2.24, 2.45) is 5.73 Å². The number of aliphatic carboxylic acids is 1. The van der Waals surface area contributed by atoms with Crippen molar-refractivity contribution in [3.8, 4) is 0 Å². The molecule has 0 aliphatic rings. The van der Waals surface area contributed by atoms with Crippen molar-refractivity contribution in [2.45, 2.75) is 204 Å². The van der Waals surface area contributed by atoms with E-state index in [1.165, 1.54) is 114 Å². The summed E-state index contributed by atoms with van der Waals surface area (Å²) in [6.45, 7) is 3.63. The summed E-state index contributed by atoms with van der Waals surface area (Å²) >= 11 is 1.20. The van der Waals surface area contributed by atoms with Crippen molar-refractivity contribution in [2.75, 3.05) is 53.3 Å². The number of ether oxygens (including phenoxy) is 2. The molecule has 66 heavy (non-hydrogen) atoms. The van der Waals surface area contributed by atoms with Gasteiger partial charge in [0.25, 0.3) is 7.82 Å². The van der Waals surface area contributed by atoms with Crippen LogP contribution < -0.4 is 10.6 Å². The number of unbranched alkanes of at least 4 members (excludes halogenated alkanes) is 19. The quantitative estimate of drug-likeness (QED) is 0.0130. The molecule has 384 valence electrons. The maximum absolute atomic E-state index is 13.2. The van der Waals surface area contributed by atoms with Crippen molar-refractivity contribution in [3.05, 3.63) is 48.6 Å². The zero-order valence-corrected chi connectivity index (χ0v) is 43.5. The summed E-state index contributed by atoms with van der Waals surface area (Å²) in [5.74, 6) is -2.31. The predicted octanol–water partition coefficient (Wildman–Crippen LogP) is 10.9. The van der Waals surface area contributed by atoms with E-state index in [0.717, 1.165) is 32.1 Å². The fourth-order valence-corrected chi connectivity index (χ4v) is 8.58. The number of carboxylic acids is 1. The van der Waals surface area contributed by atoms with Gasteiger partial charge in [-0.05, 0) is 38.5 Å². The first-order chi connectivity index (χ1) is 31.6. The van der Waals surface area contributed by atoms with Crippen LogP contribution in [0.15, 0.2) is 48.6 Å². The Labute approximate surface area is 405 Å². The van der Waals surface area contributed by atoms with Gasteiger partial charge in [-0.15, -0.1) is 11.8 Å². The van der Waals surface area contributed by atoms with E-state index in [4.69, 9.17) is 29.4 Å². The molecule has 0 amide bonds. The normalized spacial score (nSPS) is 15.2. The second kappa shape index (κ2) is 42.8. The third-order valence-corrected chi connectivity index (χ3v) is 13.2. The Hall–Kier alpha value is -2.29. The number of phosphoric acid groups is 1. The molecule has 0 saturated carbocycles. The van der Waals surface area contributed by atoms with Gasteiger partial charge < -0.3 is 43.8 Å². The molecule has 0 aromatic heterocycles. The maximum atomic E-state index is 13.2. The van der Waals surface area contributed by atoms with E-state index in [0.29, 0.717) is 17.4 Å². The molecule has 4 N–H and O–H groups in total. The lowest BCUT2D eigenvalue weighted by atomic mass is 10.0. The number of hydrogen-bond donors (Lipinski definition) is 3. The van der Waals surface area contributed by atoms with Crippen LogP contribution in [0.5, 0.6) is 0 Å². The van der Waals surface area contributed by atoms with Crippen molar-refractivity contribution < 1.29 is 57.1 Å². The highest BCUT2D eigenvalue weighted by atomic mass is 32.2. The van der Waals surface area contributed by atoms with E-state index in [1.54, 1.807) is 12.2 Å². The van der Waals surface area contributed by atoms with E-state index in [9.17, 15) is 28.9 Å². The lowest BCUT2D eigenvalue weighted by Gasteiger charge is -2.28. The number of aliphatic hydroxyl groups is 1. The molecular weight excluding hydrogens is 880 g/mol. The molecule has 0 saturated heterocycles. The second-order valence-electron chi connectivity index (χ2n) is 18.4. The number of carbonyl (C=O) groups is 3. The number of rotatable bonds is 46. The third-order valence-electron chi connectivity index (χ3n) is 10.9. The average molecular weight is 973 g/mol. The molecule has 0 rings (SSSR count). The van der Waals surface area contributed by atoms with E-state index < -0.39 is 62.4 Å². The van der Waals surface area contributed by atoms with Gasteiger partial charge in [-0.3, -0.25) is 18.9 Å². The molecule has 0 aliphatic carbocycles. The molecular formula is C51H93N2O11PS. The number of carboxylic acid groups (broad SMARTS) is 1. The van der Waals surface area contributed by atoms with Gasteiger partial charge in [0.1, 0.15) is 25.8 Å². The SMILES string of the molecule is CCCCC/C=C\C\C=C/C=C/C=C/[C@@H](SC[C@H](N)C(=O)O[C@H](COC(=O)CCCCCCCCCCCCCCCCCCC)COP(=O)([O-])OCC[N+](C)(C)C)[C@@H](O)CCCC(=O)O. The number of phosphoric ester groups is 1. The van der Waals surface area contributed by atoms with Crippen LogP contribution >= 0.6 is 19.6 Å². The first kappa shape index (κ1) is 63.7. The standard InChI is InChI=1S/C51H93N2O11PS/c1-6-8-10-12-14-16-18-20-21-22-23-24-26-28-30-32-34-39-50(57)61-42-45(43-63-65(59,60)62-41-40-53(3,4)5)64-51(58)46(52)44-66-48(47(54)36-35-38-49(55)56)37-33-31-29-27-25-19-17-15-13-11-9-7-2/h15,17,25,27,29,31,33,37,45-48,54H,6-14,16,18-24,26,28,30,32,34-36,38-44,52H2,1-5H3,(H-,55,56,59,60)/b17-15-,27-25-,31-29+,37-33+/t45-,46+,47+,48-/m1/s1. The van der Waals surface area contributed by atoms with E-state index in [2.05, 4.69) is 26.0 Å². The Kier molecular flexibility index (Phi) is 41.3. The molecule has 0 heterocycles. The first-order valence-corrected chi connectivity index (χ1v) is 27.8. The summed E-state index contributed by atoms with van der Waals surface area (Å²) in [7, 11) is 0.868. The summed E-state index contributed by atoms with van der Waals surface area (Å²) in [5.41, 5.74) is 6.24. The second-order valence-corrected chi connectivity index (χ2v) is 21.0. The van der Waals surface area contributed by atoms with Gasteiger partial charge in [0.05, 0.1) is 33.9 Å². The van der Waals surface area contributed by atoms with Gasteiger partial charge in [-0.2, -0.15) is 0 Å². The molecule has 13 nitrogen and oxygen atoms in total. The summed E-state index contributed by atoms with van der Waals surface area (Å²) in [6, 6.07) is -1.20. The molecule has 0 spiro atoms. The number of hydrogen-bond acceptors (Lipinski definition) is 12. The number of nitrogens with zero attached hydrogens (tertiary/aromatic N) is 1. The van der Waals surface area contributed by atoms with Crippen LogP contribution in [0.1, 0.15) is 181 Å². The molecule has 0 bridgehead atoms. The number of nitrogens with two attached hydrogens (primary N) is 1. The first-order valence-electron chi connectivity index (χ1n) is 25.3. The van der Waals surface area contributed by atoms with Crippen LogP contribution in [0.4, 0.5) is 0 Å². The van der Waals surface area contributed by atoms with Crippen LogP contribution in [-0.2, 0) is 37.5 Å². The summed E-state index contributed by atoms with van der Waals surface area (Å²) in [6.07, 6.45) is 40.3. The minimum atomic E-state index is -4.79.